The molecule has 0 bridgehead atoms. The lowest BCUT2D eigenvalue weighted by molar-refractivity contribution is 0.864. The highest BCUT2D eigenvalue weighted by Crippen LogP contribution is 2.33. The van der Waals surface area contributed by atoms with Crippen molar-refractivity contribution in [2.75, 3.05) is 19.2 Å². The maximum atomic E-state index is 3.19. The third-order valence-electron chi connectivity index (χ3n) is 0.763. The molecule has 1 heterocycles. The lowest BCUT2D eigenvalue weighted by atomic mass is 11.2. The third-order valence-corrected chi connectivity index (χ3v) is 2.29. The van der Waals surface area contributed by atoms with E-state index in [2.05, 4.69) is 12.0 Å². The first-order valence-corrected chi connectivity index (χ1v) is 3.95. The van der Waals surface area contributed by atoms with Crippen LogP contribution < -0.4 is 5.32 Å². The summed E-state index contributed by atoms with van der Waals surface area (Å²) in [6.07, 6.45) is 2.60. The zero-order valence-electron chi connectivity index (χ0n) is 3.36. The molecule has 1 nitrogen and oxygen atoms in total. The molecule has 1 aliphatic heterocycles. The highest BCUT2D eigenvalue weighted by atomic mass is 31.1. The number of rotatable bonds is 0. The van der Waals surface area contributed by atoms with Gasteiger partial charge in [-0.15, -0.1) is 0 Å². The van der Waals surface area contributed by atoms with Gasteiger partial charge in [0.05, 0.1) is 0 Å². The van der Waals surface area contributed by atoms with Crippen LogP contribution in [0.3, 0.4) is 0 Å². The third kappa shape index (κ3) is 0.614. The van der Waals surface area contributed by atoms with Gasteiger partial charge in [0, 0.05) is 12.6 Å². The predicted octanol–water partition coefficient (Wildman–Crippen LogP) is 0.616. The summed E-state index contributed by atoms with van der Waals surface area (Å²) in [7, 11) is 0.471. The average Bonchev–Trinajstić information content (AvgIpc) is 1.30. The van der Waals surface area contributed by atoms with Crippen LogP contribution in [0.15, 0.2) is 0 Å². The zero-order valence-corrected chi connectivity index (χ0v) is 4.26. The summed E-state index contributed by atoms with van der Waals surface area (Å²) in [4.78, 5) is 0. The van der Waals surface area contributed by atoms with Crippen LogP contribution in [0, 0.1) is 0 Å². The van der Waals surface area contributed by atoms with Gasteiger partial charge >= 0.3 is 0 Å². The summed E-state index contributed by atoms with van der Waals surface area (Å²) in [5.74, 6) is 0. The van der Waals surface area contributed by atoms with E-state index in [1.54, 1.807) is 0 Å². The summed E-state index contributed by atoms with van der Waals surface area (Å²) >= 11 is 0. The highest BCUT2D eigenvalue weighted by molar-refractivity contribution is 7.58. The molecule has 0 aromatic carbocycles. The van der Waals surface area contributed by atoms with Crippen LogP contribution in [0.2, 0.25) is 0 Å². The Kier molecular flexibility index (Phi) is 0.884. The van der Waals surface area contributed by atoms with Crippen LogP contribution in [0.25, 0.3) is 0 Å². The highest BCUT2D eigenvalue weighted by Gasteiger charge is 2.06. The van der Waals surface area contributed by atoms with Crippen LogP contribution in [0.1, 0.15) is 0 Å². The normalized spacial score (nSPS) is 25.8. The van der Waals surface area contributed by atoms with E-state index in [4.69, 9.17) is 0 Å². The minimum atomic E-state index is 0.471. The topological polar surface area (TPSA) is 12.0 Å². The molecule has 0 unspecified atom stereocenters. The lowest BCUT2D eigenvalue weighted by Gasteiger charge is -2.22. The van der Waals surface area contributed by atoms with Crippen molar-refractivity contribution in [2.45, 2.75) is 0 Å². The Bertz CT molecular complexity index is 33.9. The van der Waals surface area contributed by atoms with Crippen molar-refractivity contribution in [1.29, 1.82) is 0 Å². The molecule has 1 fully saturated rings. The van der Waals surface area contributed by atoms with Gasteiger partial charge in [-0.3, -0.25) is 0 Å². The second-order valence-electron chi connectivity index (χ2n) is 1.42. The largest absolute Gasteiger partial charge is 0.309 e. The quantitative estimate of drug-likeness (QED) is 0.429. The first kappa shape index (κ1) is 3.58. The monoisotopic (exact) mass is 89.0 g/mol. The molecule has 1 aliphatic rings. The zero-order chi connectivity index (χ0) is 3.70. The number of hydrogen-bond acceptors (Lipinski definition) is 1. The molecular formula is C3H8NP. The van der Waals surface area contributed by atoms with Crippen LogP contribution >= 0.6 is 7.92 Å². The molecule has 0 atom stereocenters. The van der Waals surface area contributed by atoms with Crippen LogP contribution in [0.5, 0.6) is 0 Å². The minimum Gasteiger partial charge on any atom is -0.309 e. The van der Waals surface area contributed by atoms with Gasteiger partial charge in [-0.25, -0.2) is 0 Å². The fraction of sp³-hybridized carbons (Fsp3) is 1.00. The first-order valence-electron chi connectivity index (χ1n) is 1.79. The van der Waals surface area contributed by atoms with Gasteiger partial charge in [-0.05, 0) is 6.66 Å². The average molecular weight is 89.1 g/mol. The fourth-order valence-corrected chi connectivity index (χ4v) is 1.01. The Hall–Kier alpha value is 0.390. The second-order valence-corrected chi connectivity index (χ2v) is 3.77. The first-order chi connectivity index (χ1) is 2.39. The van der Waals surface area contributed by atoms with Crippen LogP contribution in [-0.4, -0.2) is 19.2 Å². The van der Waals surface area contributed by atoms with Crippen molar-refractivity contribution in [2.24, 2.45) is 0 Å². The van der Waals surface area contributed by atoms with Gasteiger partial charge in [-0.1, -0.05) is 7.92 Å². The molecule has 0 radical (unpaired) electrons. The molecular weight excluding hydrogens is 81.0 g/mol. The van der Waals surface area contributed by atoms with E-state index < -0.39 is 0 Å². The minimum absolute atomic E-state index is 0.471. The number of hydrogen-bond donors (Lipinski definition) is 1. The smallest absolute Gasteiger partial charge is 0.0168 e. The molecule has 2 heteroatoms. The standard InChI is InChI=1S/C3H8NP/c1-5-2-4-3-5/h4H,2-3H2,1H3. The molecule has 0 spiro atoms. The molecule has 5 heavy (non-hydrogen) atoms. The van der Waals surface area contributed by atoms with Gasteiger partial charge in [0.1, 0.15) is 0 Å². The Morgan fingerprint density at radius 1 is 1.60 bits per heavy atom. The summed E-state index contributed by atoms with van der Waals surface area (Å²) in [5, 5.41) is 3.19. The molecule has 0 saturated carbocycles. The fourth-order valence-electron chi connectivity index (χ4n) is 0.335. The summed E-state index contributed by atoms with van der Waals surface area (Å²) < 4.78 is 0. The van der Waals surface area contributed by atoms with Crippen molar-refractivity contribution in [1.82, 2.24) is 5.32 Å². The Labute approximate surface area is 33.5 Å². The summed E-state index contributed by atoms with van der Waals surface area (Å²) in [6.45, 7) is 2.31. The molecule has 1 rings (SSSR count). The van der Waals surface area contributed by atoms with Gasteiger partial charge in [0.25, 0.3) is 0 Å². The van der Waals surface area contributed by atoms with Gasteiger partial charge in [0.15, 0.2) is 0 Å². The van der Waals surface area contributed by atoms with Crippen molar-refractivity contribution in [3.63, 3.8) is 0 Å². The van der Waals surface area contributed by atoms with Gasteiger partial charge in [-0.2, -0.15) is 0 Å². The summed E-state index contributed by atoms with van der Waals surface area (Å²) in [6, 6.07) is 0. The van der Waals surface area contributed by atoms with E-state index in [0.29, 0.717) is 7.92 Å². The van der Waals surface area contributed by atoms with Crippen molar-refractivity contribution in [3.8, 4) is 0 Å². The van der Waals surface area contributed by atoms with E-state index in [0.717, 1.165) is 0 Å². The molecule has 0 aromatic heterocycles. The number of nitrogens with one attached hydrogen (secondary N) is 1. The van der Waals surface area contributed by atoms with E-state index >= 15 is 0 Å². The Morgan fingerprint density at radius 2 is 2.00 bits per heavy atom. The van der Waals surface area contributed by atoms with E-state index in [9.17, 15) is 0 Å². The maximum absolute atomic E-state index is 3.19. The maximum Gasteiger partial charge on any atom is 0.0168 e. The van der Waals surface area contributed by atoms with Crippen molar-refractivity contribution in [3.05, 3.63) is 0 Å². The lowest BCUT2D eigenvalue weighted by Crippen LogP contribution is -2.26. The summed E-state index contributed by atoms with van der Waals surface area (Å²) in [5.41, 5.74) is 0. The van der Waals surface area contributed by atoms with E-state index in [-0.39, 0.29) is 0 Å². The molecule has 0 amide bonds. The van der Waals surface area contributed by atoms with Gasteiger partial charge in [0.2, 0.25) is 0 Å². The molecule has 30 valence electrons. The molecule has 1 saturated heterocycles. The predicted molar refractivity (Wildman–Crippen MR) is 25.7 cm³/mol. The Morgan fingerprint density at radius 3 is 2.00 bits per heavy atom. The van der Waals surface area contributed by atoms with Crippen molar-refractivity contribution < 1.29 is 0 Å². The Balaban J connectivity index is 2.08. The molecule has 0 aromatic rings. The van der Waals surface area contributed by atoms with E-state index in [1.807, 2.05) is 0 Å². The second kappa shape index (κ2) is 1.24. The molecule has 1 N–H and O–H groups in total. The van der Waals surface area contributed by atoms with Gasteiger partial charge < -0.3 is 5.32 Å². The van der Waals surface area contributed by atoms with Crippen LogP contribution in [-0.2, 0) is 0 Å². The SMILES string of the molecule is CP1CNC1. The van der Waals surface area contributed by atoms with Crippen molar-refractivity contribution >= 4 is 7.92 Å². The van der Waals surface area contributed by atoms with E-state index in [1.165, 1.54) is 12.6 Å². The molecule has 0 aliphatic carbocycles. The van der Waals surface area contributed by atoms with Crippen LogP contribution in [0.4, 0.5) is 0 Å².